The third-order valence-corrected chi connectivity index (χ3v) is 13.4. The summed E-state index contributed by atoms with van der Waals surface area (Å²) < 4.78 is 16.8. The molecule has 0 fully saturated rings. The van der Waals surface area contributed by atoms with Gasteiger partial charge in [-0.05, 0) is 70.6 Å². The van der Waals surface area contributed by atoms with E-state index in [2.05, 4.69) is 106 Å². The van der Waals surface area contributed by atoms with E-state index in [4.69, 9.17) is 14.2 Å². The highest BCUT2D eigenvalue weighted by Gasteiger charge is 2.19. The molecule has 1 atom stereocenters. The van der Waals surface area contributed by atoms with Crippen LogP contribution in [0.25, 0.3) is 0 Å². The molecule has 0 spiro atoms. The summed E-state index contributed by atoms with van der Waals surface area (Å²) in [5, 5.41) is 0. The van der Waals surface area contributed by atoms with Gasteiger partial charge in [-0.1, -0.05) is 298 Å². The van der Waals surface area contributed by atoms with Gasteiger partial charge >= 0.3 is 17.9 Å². The van der Waals surface area contributed by atoms with E-state index in [0.717, 1.165) is 89.9 Å². The van der Waals surface area contributed by atoms with Crippen LogP contribution in [0.4, 0.5) is 0 Å². The summed E-state index contributed by atoms with van der Waals surface area (Å²) in [5.41, 5.74) is 0. The van der Waals surface area contributed by atoms with Crippen molar-refractivity contribution < 1.29 is 28.6 Å². The number of hydrogen-bond donors (Lipinski definition) is 0. The highest BCUT2D eigenvalue weighted by Crippen LogP contribution is 2.17. The van der Waals surface area contributed by atoms with E-state index < -0.39 is 6.10 Å². The van der Waals surface area contributed by atoms with Crippen molar-refractivity contribution in [2.75, 3.05) is 13.2 Å². The topological polar surface area (TPSA) is 78.9 Å². The Labute approximate surface area is 452 Å². The summed E-state index contributed by atoms with van der Waals surface area (Å²) in [6.07, 6.45) is 80.3. The van der Waals surface area contributed by atoms with E-state index in [9.17, 15) is 14.4 Å². The van der Waals surface area contributed by atoms with E-state index in [1.807, 2.05) is 0 Å². The molecule has 6 nitrogen and oxygen atoms in total. The Kier molecular flexibility index (Phi) is 58.3. The van der Waals surface area contributed by atoms with E-state index in [-0.39, 0.29) is 37.5 Å². The molecule has 0 aromatic rings. The van der Waals surface area contributed by atoms with Gasteiger partial charge < -0.3 is 14.2 Å². The standard InChI is InChI=1S/C67H116O6/c1-4-7-10-13-16-19-22-24-26-28-30-32-34-36-37-39-41-43-45-48-51-54-57-60-66(69)72-63-64(62-71-65(68)59-56-53-50-47-21-18-15-12-9-6-3)73-67(70)61-58-55-52-49-46-44-42-40-38-35-33-31-29-27-25-23-20-17-14-11-8-5-2/h7,10,16,19,24,26,30,32,36-37,41,43,48,51,64H,4-6,8-9,11-15,17-18,20-23,25,27-29,31,33-35,38-40,42,44-47,49-50,52-63H2,1-3H3/b10-7-,19-16-,26-24-,32-30-,37-36-,43-41-,51-48-. The molecular formula is C67H116O6. The van der Waals surface area contributed by atoms with Crippen LogP contribution in [0.2, 0.25) is 0 Å². The first kappa shape index (κ1) is 69.6. The molecule has 0 rings (SSSR count). The van der Waals surface area contributed by atoms with Crippen molar-refractivity contribution >= 4 is 17.9 Å². The Hall–Kier alpha value is -3.41. The molecule has 0 heterocycles. The number of unbranched alkanes of at least 4 members (excludes halogenated alkanes) is 31. The van der Waals surface area contributed by atoms with Gasteiger partial charge in [-0.3, -0.25) is 14.4 Å². The fourth-order valence-electron chi connectivity index (χ4n) is 8.79. The van der Waals surface area contributed by atoms with E-state index in [1.54, 1.807) is 0 Å². The van der Waals surface area contributed by atoms with Crippen LogP contribution in [-0.2, 0) is 28.6 Å². The molecule has 0 radical (unpaired) electrons. The maximum Gasteiger partial charge on any atom is 0.306 e. The number of hydrogen-bond acceptors (Lipinski definition) is 6. The van der Waals surface area contributed by atoms with Gasteiger partial charge in [-0.25, -0.2) is 0 Å². The van der Waals surface area contributed by atoms with Crippen LogP contribution in [0.3, 0.4) is 0 Å². The van der Waals surface area contributed by atoms with Crippen molar-refractivity contribution in [1.82, 2.24) is 0 Å². The zero-order valence-electron chi connectivity index (χ0n) is 48.1. The molecule has 1 unspecified atom stereocenters. The minimum absolute atomic E-state index is 0.0910. The van der Waals surface area contributed by atoms with Crippen molar-refractivity contribution in [3.8, 4) is 0 Å². The molecule has 0 saturated carbocycles. The lowest BCUT2D eigenvalue weighted by atomic mass is 10.0. The first-order chi connectivity index (χ1) is 36.0. The van der Waals surface area contributed by atoms with E-state index >= 15 is 0 Å². The largest absolute Gasteiger partial charge is 0.462 e. The van der Waals surface area contributed by atoms with Crippen LogP contribution < -0.4 is 0 Å². The SMILES string of the molecule is CC/C=C\C/C=C\C/C=C\C/C=C\C/C=C\C/C=C\C/C=C\CCCC(=O)OCC(COC(=O)CCCCCCCCCCCC)OC(=O)CCCCCCCCCCCCCCCCCCCCCCCC. The van der Waals surface area contributed by atoms with Crippen LogP contribution in [0.5, 0.6) is 0 Å². The molecule has 73 heavy (non-hydrogen) atoms. The summed E-state index contributed by atoms with van der Waals surface area (Å²) >= 11 is 0. The number of carbonyl (C=O) groups excluding carboxylic acids is 3. The lowest BCUT2D eigenvalue weighted by molar-refractivity contribution is -0.167. The number of esters is 3. The highest BCUT2D eigenvalue weighted by atomic mass is 16.6. The van der Waals surface area contributed by atoms with Gasteiger partial charge in [0.1, 0.15) is 13.2 Å². The Morgan fingerprint density at radius 2 is 0.534 bits per heavy atom. The third-order valence-electron chi connectivity index (χ3n) is 13.4. The first-order valence-corrected chi connectivity index (χ1v) is 31.1. The molecule has 0 aromatic heterocycles. The Balaban J connectivity index is 4.35. The average molecular weight is 1020 g/mol. The van der Waals surface area contributed by atoms with Gasteiger partial charge in [0.25, 0.3) is 0 Å². The molecular weight excluding hydrogens is 901 g/mol. The monoisotopic (exact) mass is 1020 g/mol. The Bertz CT molecular complexity index is 1400. The third kappa shape index (κ3) is 59.3. The second-order valence-electron chi connectivity index (χ2n) is 20.6. The lowest BCUT2D eigenvalue weighted by Crippen LogP contribution is -2.30. The smallest absolute Gasteiger partial charge is 0.306 e. The highest BCUT2D eigenvalue weighted by molar-refractivity contribution is 5.71. The zero-order valence-corrected chi connectivity index (χ0v) is 48.1. The van der Waals surface area contributed by atoms with Crippen molar-refractivity contribution in [3.05, 3.63) is 85.1 Å². The van der Waals surface area contributed by atoms with Gasteiger partial charge in [0, 0.05) is 19.3 Å². The molecule has 0 aromatic carbocycles. The summed E-state index contributed by atoms with van der Waals surface area (Å²) in [5.74, 6) is -0.943. The average Bonchev–Trinajstić information content (AvgIpc) is 3.39. The van der Waals surface area contributed by atoms with Gasteiger partial charge in [-0.2, -0.15) is 0 Å². The fraction of sp³-hybridized carbons (Fsp3) is 0.746. The molecule has 0 N–H and O–H groups in total. The molecule has 420 valence electrons. The summed E-state index contributed by atoms with van der Waals surface area (Å²) in [4.78, 5) is 38.2. The molecule has 0 aliphatic carbocycles. The second-order valence-corrected chi connectivity index (χ2v) is 20.6. The molecule has 0 bridgehead atoms. The predicted molar refractivity (Wildman–Crippen MR) is 316 cm³/mol. The zero-order chi connectivity index (χ0) is 52.9. The molecule has 6 heteroatoms. The number of rotatable bonds is 56. The van der Waals surface area contributed by atoms with Crippen LogP contribution in [0.1, 0.15) is 303 Å². The number of carbonyl (C=O) groups is 3. The predicted octanol–water partition coefficient (Wildman–Crippen LogP) is 21.1. The number of ether oxygens (including phenoxy) is 3. The lowest BCUT2D eigenvalue weighted by Gasteiger charge is -2.18. The van der Waals surface area contributed by atoms with Gasteiger partial charge in [0.15, 0.2) is 6.10 Å². The fourth-order valence-corrected chi connectivity index (χ4v) is 8.79. The van der Waals surface area contributed by atoms with E-state index in [0.29, 0.717) is 19.3 Å². The maximum atomic E-state index is 12.9. The van der Waals surface area contributed by atoms with Crippen molar-refractivity contribution in [2.45, 2.75) is 309 Å². The Morgan fingerprint density at radius 3 is 0.836 bits per heavy atom. The van der Waals surface area contributed by atoms with Gasteiger partial charge in [0.05, 0.1) is 0 Å². The minimum Gasteiger partial charge on any atom is -0.462 e. The number of allylic oxidation sites excluding steroid dienone is 14. The Morgan fingerprint density at radius 1 is 0.288 bits per heavy atom. The van der Waals surface area contributed by atoms with Crippen LogP contribution >= 0.6 is 0 Å². The van der Waals surface area contributed by atoms with Crippen molar-refractivity contribution in [3.63, 3.8) is 0 Å². The van der Waals surface area contributed by atoms with Crippen molar-refractivity contribution in [1.29, 1.82) is 0 Å². The maximum absolute atomic E-state index is 12.9. The molecule has 0 aliphatic rings. The van der Waals surface area contributed by atoms with Crippen LogP contribution in [0, 0.1) is 0 Å². The van der Waals surface area contributed by atoms with Crippen LogP contribution in [0.15, 0.2) is 85.1 Å². The molecule has 0 amide bonds. The molecule has 0 saturated heterocycles. The van der Waals surface area contributed by atoms with Crippen molar-refractivity contribution in [2.24, 2.45) is 0 Å². The van der Waals surface area contributed by atoms with E-state index in [1.165, 1.54) is 167 Å². The van der Waals surface area contributed by atoms with Gasteiger partial charge in [-0.15, -0.1) is 0 Å². The summed E-state index contributed by atoms with van der Waals surface area (Å²) in [6, 6.07) is 0. The van der Waals surface area contributed by atoms with Crippen LogP contribution in [-0.4, -0.2) is 37.2 Å². The van der Waals surface area contributed by atoms with Gasteiger partial charge in [0.2, 0.25) is 0 Å². The minimum atomic E-state index is -0.797. The quantitative estimate of drug-likeness (QED) is 0.0261. The summed E-state index contributed by atoms with van der Waals surface area (Å²) in [6.45, 7) is 6.50. The molecule has 0 aliphatic heterocycles. The second kappa shape index (κ2) is 61.1. The normalized spacial score (nSPS) is 12.6. The summed E-state index contributed by atoms with van der Waals surface area (Å²) in [7, 11) is 0. The first-order valence-electron chi connectivity index (χ1n) is 31.1.